The number of aliphatic hydroxyl groups excluding tert-OH is 1. The van der Waals surface area contributed by atoms with Gasteiger partial charge in [0.05, 0.1) is 15.5 Å². The van der Waals surface area contributed by atoms with E-state index < -0.39 is 11.0 Å². The van der Waals surface area contributed by atoms with E-state index in [9.17, 15) is 15.2 Å². The summed E-state index contributed by atoms with van der Waals surface area (Å²) in [4.78, 5) is 18.5. The molecule has 1 N–H and O–H groups in total. The van der Waals surface area contributed by atoms with Gasteiger partial charge in [0.15, 0.2) is 0 Å². The van der Waals surface area contributed by atoms with Crippen LogP contribution < -0.4 is 4.90 Å². The molecule has 7 nitrogen and oxygen atoms in total. The van der Waals surface area contributed by atoms with Crippen molar-refractivity contribution >= 4 is 27.4 Å². The monoisotopic (exact) mass is 344 g/mol. The standard InChI is InChI=1S/C12H17BrN4O3/c1-15(2)6-9-3-10(18)7-16(9)12-11(13)4-8(5-14-12)17(19)20/h4-5,9-10,18H,3,6-7H2,1-2H3. The number of aromatic nitrogens is 1. The molecule has 1 aliphatic rings. The van der Waals surface area contributed by atoms with Crippen LogP contribution in [-0.2, 0) is 0 Å². The van der Waals surface area contributed by atoms with Crippen molar-refractivity contribution in [1.29, 1.82) is 0 Å². The van der Waals surface area contributed by atoms with Crippen LogP contribution in [0.5, 0.6) is 0 Å². The summed E-state index contributed by atoms with van der Waals surface area (Å²) < 4.78 is 0.574. The maximum atomic E-state index is 10.7. The average molecular weight is 345 g/mol. The molecular weight excluding hydrogens is 328 g/mol. The Balaban J connectivity index is 2.27. The summed E-state index contributed by atoms with van der Waals surface area (Å²) in [5, 5.41) is 20.6. The number of anilines is 1. The summed E-state index contributed by atoms with van der Waals surface area (Å²) in [5.74, 6) is 0.638. The summed E-state index contributed by atoms with van der Waals surface area (Å²) in [5.41, 5.74) is -0.0514. The van der Waals surface area contributed by atoms with Gasteiger partial charge in [-0.05, 0) is 36.4 Å². The van der Waals surface area contributed by atoms with Gasteiger partial charge in [-0.3, -0.25) is 10.1 Å². The molecule has 2 heterocycles. The molecule has 1 aliphatic heterocycles. The van der Waals surface area contributed by atoms with Crippen LogP contribution in [0.4, 0.5) is 11.5 Å². The predicted molar refractivity (Wildman–Crippen MR) is 78.9 cm³/mol. The fourth-order valence-electron chi connectivity index (χ4n) is 2.48. The molecule has 0 radical (unpaired) electrons. The van der Waals surface area contributed by atoms with Crippen molar-refractivity contribution in [2.75, 3.05) is 32.1 Å². The molecule has 0 saturated carbocycles. The van der Waals surface area contributed by atoms with Crippen LogP contribution in [0.15, 0.2) is 16.7 Å². The van der Waals surface area contributed by atoms with Crippen LogP contribution >= 0.6 is 15.9 Å². The van der Waals surface area contributed by atoms with Gasteiger partial charge in [0.25, 0.3) is 5.69 Å². The highest BCUT2D eigenvalue weighted by Gasteiger charge is 2.33. The maximum Gasteiger partial charge on any atom is 0.288 e. The van der Waals surface area contributed by atoms with E-state index in [-0.39, 0.29) is 11.7 Å². The SMILES string of the molecule is CN(C)CC1CC(O)CN1c1ncc([N+](=O)[O-])cc1Br. The van der Waals surface area contributed by atoms with Gasteiger partial charge in [0.2, 0.25) is 0 Å². The van der Waals surface area contributed by atoms with E-state index in [0.717, 1.165) is 6.54 Å². The number of β-amino-alcohol motifs (C(OH)–C–C–N with tert-alkyl or cyclic N) is 1. The lowest BCUT2D eigenvalue weighted by Gasteiger charge is -2.28. The first kappa shape index (κ1) is 15.1. The summed E-state index contributed by atoms with van der Waals surface area (Å²) >= 11 is 3.34. The van der Waals surface area contributed by atoms with Crippen LogP contribution in [-0.4, -0.2) is 59.2 Å². The summed E-state index contributed by atoms with van der Waals surface area (Å²) in [6.07, 6.45) is 1.52. The van der Waals surface area contributed by atoms with Crippen LogP contribution in [0.3, 0.4) is 0 Å². The molecule has 1 saturated heterocycles. The van der Waals surface area contributed by atoms with Crippen LogP contribution in [0, 0.1) is 10.1 Å². The highest BCUT2D eigenvalue weighted by Crippen LogP contribution is 2.32. The van der Waals surface area contributed by atoms with E-state index in [4.69, 9.17) is 0 Å². The molecule has 2 rings (SSSR count). The first-order valence-electron chi connectivity index (χ1n) is 6.28. The van der Waals surface area contributed by atoms with Crippen molar-refractivity contribution in [1.82, 2.24) is 9.88 Å². The van der Waals surface area contributed by atoms with E-state index in [1.807, 2.05) is 19.0 Å². The molecule has 0 spiro atoms. The van der Waals surface area contributed by atoms with Crippen molar-refractivity contribution in [2.45, 2.75) is 18.6 Å². The number of pyridine rings is 1. The zero-order chi connectivity index (χ0) is 14.9. The number of rotatable bonds is 4. The topological polar surface area (TPSA) is 82.7 Å². The highest BCUT2D eigenvalue weighted by atomic mass is 79.9. The van der Waals surface area contributed by atoms with E-state index in [1.165, 1.54) is 12.3 Å². The summed E-state index contributed by atoms with van der Waals surface area (Å²) in [6, 6.07) is 1.59. The molecule has 110 valence electrons. The van der Waals surface area contributed by atoms with Gasteiger partial charge in [0, 0.05) is 25.2 Å². The van der Waals surface area contributed by atoms with Crippen LogP contribution in [0.2, 0.25) is 0 Å². The second kappa shape index (κ2) is 6.02. The van der Waals surface area contributed by atoms with Gasteiger partial charge in [-0.1, -0.05) is 0 Å². The fraction of sp³-hybridized carbons (Fsp3) is 0.583. The van der Waals surface area contributed by atoms with Gasteiger partial charge in [-0.2, -0.15) is 0 Å². The summed E-state index contributed by atoms with van der Waals surface area (Å²) in [6.45, 7) is 1.28. The normalized spacial score (nSPS) is 22.6. The number of hydrogen-bond acceptors (Lipinski definition) is 6. The molecule has 1 aromatic rings. The van der Waals surface area contributed by atoms with Crippen molar-refractivity contribution in [3.8, 4) is 0 Å². The second-order valence-electron chi connectivity index (χ2n) is 5.21. The highest BCUT2D eigenvalue weighted by molar-refractivity contribution is 9.10. The number of nitrogens with zero attached hydrogens (tertiary/aromatic N) is 4. The summed E-state index contributed by atoms with van der Waals surface area (Å²) in [7, 11) is 3.95. The molecule has 2 atom stereocenters. The molecule has 20 heavy (non-hydrogen) atoms. The lowest BCUT2D eigenvalue weighted by molar-refractivity contribution is -0.385. The number of aliphatic hydroxyl groups is 1. The second-order valence-corrected chi connectivity index (χ2v) is 6.07. The first-order valence-corrected chi connectivity index (χ1v) is 7.07. The van der Waals surface area contributed by atoms with Gasteiger partial charge in [-0.15, -0.1) is 0 Å². The predicted octanol–water partition coefficient (Wildman–Crippen LogP) is 1.25. The largest absolute Gasteiger partial charge is 0.391 e. The quantitative estimate of drug-likeness (QED) is 0.653. The maximum absolute atomic E-state index is 10.7. The Morgan fingerprint density at radius 2 is 2.35 bits per heavy atom. The van der Waals surface area contributed by atoms with E-state index in [0.29, 0.717) is 23.3 Å². The third kappa shape index (κ3) is 3.25. The number of nitro groups is 1. The zero-order valence-corrected chi connectivity index (χ0v) is 12.9. The third-order valence-electron chi connectivity index (χ3n) is 3.26. The minimum Gasteiger partial charge on any atom is -0.391 e. The van der Waals surface area contributed by atoms with Crippen LogP contribution in [0.25, 0.3) is 0 Å². The van der Waals surface area contributed by atoms with Gasteiger partial charge < -0.3 is 14.9 Å². The number of halogens is 1. The number of hydrogen-bond donors (Lipinski definition) is 1. The van der Waals surface area contributed by atoms with E-state index in [1.54, 1.807) is 0 Å². The lowest BCUT2D eigenvalue weighted by atomic mass is 10.2. The minimum atomic E-state index is -0.475. The average Bonchev–Trinajstić information content (AvgIpc) is 2.68. The van der Waals surface area contributed by atoms with Crippen molar-refractivity contribution in [2.24, 2.45) is 0 Å². The van der Waals surface area contributed by atoms with Gasteiger partial charge in [-0.25, -0.2) is 4.98 Å². The molecule has 1 aromatic heterocycles. The Morgan fingerprint density at radius 1 is 1.65 bits per heavy atom. The van der Waals surface area contributed by atoms with Crippen molar-refractivity contribution < 1.29 is 10.0 Å². The first-order chi connectivity index (χ1) is 9.38. The van der Waals surface area contributed by atoms with Gasteiger partial charge in [0.1, 0.15) is 12.0 Å². The van der Waals surface area contributed by atoms with E-state index >= 15 is 0 Å². The van der Waals surface area contributed by atoms with E-state index in [2.05, 4.69) is 25.8 Å². The molecule has 0 amide bonds. The Labute approximate surface area is 125 Å². The van der Waals surface area contributed by atoms with Gasteiger partial charge >= 0.3 is 0 Å². The zero-order valence-electron chi connectivity index (χ0n) is 11.4. The number of likely N-dealkylation sites (N-methyl/N-ethyl adjacent to an activating group) is 1. The molecule has 0 aromatic carbocycles. The Bertz CT molecular complexity index is 511. The molecule has 1 fully saturated rings. The van der Waals surface area contributed by atoms with Crippen LogP contribution in [0.1, 0.15) is 6.42 Å². The van der Waals surface area contributed by atoms with Crippen molar-refractivity contribution in [3.63, 3.8) is 0 Å². The Hall–Kier alpha value is -1.25. The molecule has 0 aliphatic carbocycles. The molecule has 0 bridgehead atoms. The Kier molecular flexibility index (Phi) is 4.56. The third-order valence-corrected chi connectivity index (χ3v) is 3.84. The molecule has 2 unspecified atom stereocenters. The lowest BCUT2D eigenvalue weighted by Crippen LogP contribution is -2.38. The Morgan fingerprint density at radius 3 is 2.90 bits per heavy atom. The smallest absolute Gasteiger partial charge is 0.288 e. The molecule has 8 heteroatoms. The van der Waals surface area contributed by atoms with Crippen molar-refractivity contribution in [3.05, 3.63) is 26.9 Å². The fourth-order valence-corrected chi connectivity index (χ4v) is 3.04. The minimum absolute atomic E-state index is 0.0514. The molecular formula is C12H17BrN4O3.